The molecule has 1 N–H and O–H groups in total. The van der Waals surface area contributed by atoms with Gasteiger partial charge in [-0.3, -0.25) is 4.79 Å². The minimum absolute atomic E-state index is 0.0661. The quantitative estimate of drug-likeness (QED) is 0.539. The summed E-state index contributed by atoms with van der Waals surface area (Å²) in [5, 5.41) is 8.43. The normalized spacial score (nSPS) is 11.1. The van der Waals surface area contributed by atoms with Gasteiger partial charge in [0.05, 0.1) is 22.8 Å². The van der Waals surface area contributed by atoms with E-state index in [1.54, 1.807) is 4.68 Å². The van der Waals surface area contributed by atoms with E-state index in [4.69, 9.17) is 0 Å². The first-order valence-corrected chi connectivity index (χ1v) is 11.0. The number of imidazole rings is 1. The van der Waals surface area contributed by atoms with Crippen LogP contribution in [0.3, 0.4) is 0 Å². The number of anilines is 1. The van der Waals surface area contributed by atoms with E-state index >= 15 is 0 Å². The second kappa shape index (κ2) is 9.31. The number of aromatic nitrogens is 4. The molecule has 1 aromatic carbocycles. The molecule has 2 aromatic heterocycles. The first-order valence-electron chi connectivity index (χ1n) is 9.99. The van der Waals surface area contributed by atoms with Gasteiger partial charge in [-0.1, -0.05) is 42.8 Å². The highest BCUT2D eigenvalue weighted by Crippen LogP contribution is 2.23. The zero-order valence-corrected chi connectivity index (χ0v) is 18.6. The van der Waals surface area contributed by atoms with E-state index in [9.17, 15) is 4.79 Å². The standard InChI is InChI=1S/C22H29N5OS/c1-6-7-12-26-18(5)17(4)23-22(26)29-14-21(28)24-20-13-16(3)25-27(20)19-10-8-15(2)9-11-19/h8-11,13H,6-7,12,14H2,1-5H3,(H,24,28). The lowest BCUT2D eigenvalue weighted by atomic mass is 10.2. The van der Waals surface area contributed by atoms with Crippen LogP contribution in [0, 0.1) is 27.7 Å². The van der Waals surface area contributed by atoms with E-state index in [0.717, 1.165) is 41.6 Å². The zero-order valence-electron chi connectivity index (χ0n) is 17.8. The van der Waals surface area contributed by atoms with E-state index in [1.165, 1.54) is 23.0 Å². The number of rotatable bonds is 8. The number of aryl methyl sites for hydroxylation is 3. The van der Waals surface area contributed by atoms with Crippen LogP contribution < -0.4 is 5.32 Å². The predicted octanol–water partition coefficient (Wildman–Crippen LogP) is 4.83. The van der Waals surface area contributed by atoms with E-state index in [-0.39, 0.29) is 5.91 Å². The van der Waals surface area contributed by atoms with Crippen molar-refractivity contribution >= 4 is 23.5 Å². The van der Waals surface area contributed by atoms with Gasteiger partial charge in [0, 0.05) is 18.3 Å². The predicted molar refractivity (Wildman–Crippen MR) is 119 cm³/mol. The van der Waals surface area contributed by atoms with Gasteiger partial charge in [0.25, 0.3) is 0 Å². The van der Waals surface area contributed by atoms with Gasteiger partial charge in [0.1, 0.15) is 5.82 Å². The summed E-state index contributed by atoms with van der Waals surface area (Å²) >= 11 is 1.48. The third kappa shape index (κ3) is 5.09. The summed E-state index contributed by atoms with van der Waals surface area (Å²) in [7, 11) is 0. The van der Waals surface area contributed by atoms with Crippen molar-refractivity contribution in [1.82, 2.24) is 19.3 Å². The molecule has 154 valence electrons. The Morgan fingerprint density at radius 3 is 2.55 bits per heavy atom. The number of hydrogen-bond acceptors (Lipinski definition) is 4. The number of nitrogens with one attached hydrogen (secondary N) is 1. The molecule has 0 radical (unpaired) electrons. The van der Waals surface area contributed by atoms with Crippen molar-refractivity contribution in [2.75, 3.05) is 11.1 Å². The van der Waals surface area contributed by atoms with Gasteiger partial charge in [-0.05, 0) is 46.2 Å². The molecule has 0 fully saturated rings. The molecule has 7 heteroatoms. The van der Waals surface area contributed by atoms with E-state index in [1.807, 2.05) is 51.1 Å². The summed E-state index contributed by atoms with van der Waals surface area (Å²) in [4.78, 5) is 17.3. The van der Waals surface area contributed by atoms with Gasteiger partial charge >= 0.3 is 0 Å². The molecule has 0 aliphatic heterocycles. The summed E-state index contributed by atoms with van der Waals surface area (Å²) in [6, 6.07) is 9.96. The fraction of sp³-hybridized carbons (Fsp3) is 0.409. The van der Waals surface area contributed by atoms with Crippen LogP contribution >= 0.6 is 11.8 Å². The minimum atomic E-state index is -0.0661. The first kappa shape index (κ1) is 21.2. The molecule has 3 aromatic rings. The van der Waals surface area contributed by atoms with Crippen molar-refractivity contribution < 1.29 is 4.79 Å². The summed E-state index contributed by atoms with van der Waals surface area (Å²) in [6.45, 7) is 11.2. The van der Waals surface area contributed by atoms with E-state index in [2.05, 4.69) is 33.8 Å². The molecule has 2 heterocycles. The molecular formula is C22H29N5OS. The number of benzene rings is 1. The smallest absolute Gasteiger partial charge is 0.236 e. The van der Waals surface area contributed by atoms with Crippen LogP contribution in [-0.4, -0.2) is 31.0 Å². The Labute approximate surface area is 176 Å². The molecule has 3 rings (SSSR count). The molecular weight excluding hydrogens is 382 g/mol. The van der Waals surface area contributed by atoms with Gasteiger partial charge in [0.15, 0.2) is 5.16 Å². The van der Waals surface area contributed by atoms with Crippen LogP contribution in [-0.2, 0) is 11.3 Å². The monoisotopic (exact) mass is 411 g/mol. The number of carbonyl (C=O) groups is 1. The lowest BCUT2D eigenvalue weighted by Crippen LogP contribution is -2.17. The molecule has 0 bridgehead atoms. The molecule has 0 aliphatic rings. The molecule has 0 unspecified atom stereocenters. The number of unbranched alkanes of at least 4 members (excludes halogenated alkanes) is 1. The third-order valence-corrected chi connectivity index (χ3v) is 5.84. The number of hydrogen-bond donors (Lipinski definition) is 1. The Hall–Kier alpha value is -2.54. The van der Waals surface area contributed by atoms with Gasteiger partial charge < -0.3 is 9.88 Å². The van der Waals surface area contributed by atoms with Crippen LogP contribution in [0.2, 0.25) is 0 Å². The van der Waals surface area contributed by atoms with Crippen molar-refractivity contribution in [2.45, 2.75) is 59.2 Å². The molecule has 0 spiro atoms. The topological polar surface area (TPSA) is 64.7 Å². The Balaban J connectivity index is 1.70. The molecule has 1 amide bonds. The maximum Gasteiger partial charge on any atom is 0.236 e. The summed E-state index contributed by atoms with van der Waals surface area (Å²) < 4.78 is 3.99. The Kier molecular flexibility index (Phi) is 6.79. The van der Waals surface area contributed by atoms with Crippen molar-refractivity contribution in [1.29, 1.82) is 0 Å². The Bertz CT molecular complexity index is 988. The Morgan fingerprint density at radius 2 is 1.86 bits per heavy atom. The molecule has 6 nitrogen and oxygen atoms in total. The maximum absolute atomic E-state index is 12.6. The summed E-state index contributed by atoms with van der Waals surface area (Å²) in [6.07, 6.45) is 2.23. The molecule has 0 saturated carbocycles. The lowest BCUT2D eigenvalue weighted by Gasteiger charge is -2.10. The highest BCUT2D eigenvalue weighted by atomic mass is 32.2. The SMILES string of the molecule is CCCCn1c(SCC(=O)Nc2cc(C)nn2-c2ccc(C)cc2)nc(C)c1C. The molecule has 0 atom stereocenters. The minimum Gasteiger partial charge on any atom is -0.323 e. The van der Waals surface area contributed by atoms with Crippen LogP contribution in [0.1, 0.15) is 42.4 Å². The van der Waals surface area contributed by atoms with Crippen molar-refractivity contribution in [2.24, 2.45) is 0 Å². The summed E-state index contributed by atoms with van der Waals surface area (Å²) in [5.41, 5.74) is 5.16. The molecule has 0 saturated heterocycles. The van der Waals surface area contributed by atoms with Crippen molar-refractivity contribution in [3.63, 3.8) is 0 Å². The zero-order chi connectivity index (χ0) is 21.0. The van der Waals surface area contributed by atoms with Crippen LogP contribution in [0.25, 0.3) is 5.69 Å². The Morgan fingerprint density at radius 1 is 1.14 bits per heavy atom. The van der Waals surface area contributed by atoms with Gasteiger partial charge in [-0.25, -0.2) is 9.67 Å². The molecule has 0 aliphatic carbocycles. The second-order valence-electron chi connectivity index (χ2n) is 7.33. The number of amides is 1. The van der Waals surface area contributed by atoms with Crippen molar-refractivity contribution in [3.8, 4) is 5.69 Å². The fourth-order valence-corrected chi connectivity index (χ4v) is 4.01. The maximum atomic E-state index is 12.6. The second-order valence-corrected chi connectivity index (χ2v) is 8.27. The largest absolute Gasteiger partial charge is 0.323 e. The number of carbonyl (C=O) groups excluding carboxylic acids is 1. The summed E-state index contributed by atoms with van der Waals surface area (Å²) in [5.74, 6) is 0.919. The van der Waals surface area contributed by atoms with E-state index < -0.39 is 0 Å². The van der Waals surface area contributed by atoms with Gasteiger partial charge in [-0.15, -0.1) is 0 Å². The number of thioether (sulfide) groups is 1. The van der Waals surface area contributed by atoms with Crippen LogP contribution in [0.15, 0.2) is 35.5 Å². The van der Waals surface area contributed by atoms with Crippen LogP contribution in [0.4, 0.5) is 5.82 Å². The average Bonchev–Trinajstić information content (AvgIpc) is 3.18. The van der Waals surface area contributed by atoms with E-state index in [0.29, 0.717) is 11.6 Å². The van der Waals surface area contributed by atoms with Crippen LogP contribution in [0.5, 0.6) is 0 Å². The third-order valence-electron chi connectivity index (χ3n) is 4.87. The highest BCUT2D eigenvalue weighted by molar-refractivity contribution is 7.99. The fourth-order valence-electron chi connectivity index (χ4n) is 3.09. The first-order chi connectivity index (χ1) is 13.9. The van der Waals surface area contributed by atoms with Crippen molar-refractivity contribution in [3.05, 3.63) is 53.0 Å². The lowest BCUT2D eigenvalue weighted by molar-refractivity contribution is -0.113. The number of nitrogens with zero attached hydrogens (tertiary/aromatic N) is 4. The molecule has 29 heavy (non-hydrogen) atoms. The van der Waals surface area contributed by atoms with Gasteiger partial charge in [0.2, 0.25) is 5.91 Å². The average molecular weight is 412 g/mol. The highest BCUT2D eigenvalue weighted by Gasteiger charge is 2.15. The van der Waals surface area contributed by atoms with Gasteiger partial charge in [-0.2, -0.15) is 5.10 Å².